The van der Waals surface area contributed by atoms with Crippen LogP contribution in [0.1, 0.15) is 9.67 Å². The number of fused-ring (bicyclic) bond motifs is 1. The molecule has 1 aromatic heterocycles. The van der Waals surface area contributed by atoms with Gasteiger partial charge in [0.2, 0.25) is 0 Å². The quantitative estimate of drug-likeness (QED) is 0.821. The molecule has 2 rings (SSSR count). The van der Waals surface area contributed by atoms with E-state index in [1.165, 1.54) is 0 Å². The molecule has 0 bridgehead atoms. The van der Waals surface area contributed by atoms with Crippen molar-refractivity contribution in [1.82, 2.24) is 4.37 Å². The van der Waals surface area contributed by atoms with Crippen LogP contribution in [0.4, 0.5) is 0 Å². The molecular weight excluding hydrogens is 202 g/mol. The van der Waals surface area contributed by atoms with Gasteiger partial charge in [-0.05, 0) is 29.7 Å². The van der Waals surface area contributed by atoms with E-state index in [-0.39, 0.29) is 4.88 Å². The molecule has 0 unspecified atom stereocenters. The molecular formula is C9H7NO3S. The molecule has 0 atom stereocenters. The Balaban J connectivity index is 2.69. The van der Waals surface area contributed by atoms with Crippen LogP contribution < -0.4 is 4.74 Å². The third kappa shape index (κ3) is 1.31. The molecule has 14 heavy (non-hydrogen) atoms. The van der Waals surface area contributed by atoms with Gasteiger partial charge in [-0.25, -0.2) is 4.79 Å². The Labute approximate surface area is 83.9 Å². The maximum Gasteiger partial charge on any atom is 0.348 e. The highest BCUT2D eigenvalue weighted by Crippen LogP contribution is 2.26. The first kappa shape index (κ1) is 8.96. The molecule has 0 aliphatic carbocycles. The number of hydrogen-bond acceptors (Lipinski definition) is 4. The number of carboxylic acid groups (broad SMARTS) is 1. The molecule has 4 nitrogen and oxygen atoms in total. The maximum atomic E-state index is 10.8. The molecule has 2 aromatic rings. The Bertz CT molecular complexity index is 492. The van der Waals surface area contributed by atoms with Crippen molar-refractivity contribution in [1.29, 1.82) is 0 Å². The molecule has 0 saturated carbocycles. The summed E-state index contributed by atoms with van der Waals surface area (Å²) in [5, 5.41) is 9.49. The van der Waals surface area contributed by atoms with Crippen LogP contribution in [-0.2, 0) is 0 Å². The highest BCUT2D eigenvalue weighted by molar-refractivity contribution is 7.09. The Morgan fingerprint density at radius 2 is 2.36 bits per heavy atom. The third-order valence-corrected chi connectivity index (χ3v) is 2.74. The minimum atomic E-state index is -0.953. The van der Waals surface area contributed by atoms with Crippen molar-refractivity contribution in [2.75, 3.05) is 7.11 Å². The van der Waals surface area contributed by atoms with Crippen molar-refractivity contribution in [3.8, 4) is 5.75 Å². The number of benzene rings is 1. The number of carbonyl (C=O) groups is 1. The monoisotopic (exact) mass is 209 g/mol. The lowest BCUT2D eigenvalue weighted by atomic mass is 10.2. The van der Waals surface area contributed by atoms with Gasteiger partial charge in [-0.1, -0.05) is 0 Å². The summed E-state index contributed by atoms with van der Waals surface area (Å²) in [5.74, 6) is -0.314. The van der Waals surface area contributed by atoms with Crippen LogP contribution in [0, 0.1) is 0 Å². The Kier molecular flexibility index (Phi) is 2.09. The number of ether oxygens (including phenoxy) is 1. The van der Waals surface area contributed by atoms with Gasteiger partial charge < -0.3 is 9.84 Å². The summed E-state index contributed by atoms with van der Waals surface area (Å²) in [6.07, 6.45) is 0. The lowest BCUT2D eigenvalue weighted by Gasteiger charge is -1.98. The van der Waals surface area contributed by atoms with Gasteiger partial charge in [0, 0.05) is 5.39 Å². The van der Waals surface area contributed by atoms with E-state index in [0.29, 0.717) is 16.7 Å². The van der Waals surface area contributed by atoms with E-state index in [1.54, 1.807) is 25.3 Å². The Hall–Kier alpha value is -1.62. The first-order valence-electron chi connectivity index (χ1n) is 3.89. The van der Waals surface area contributed by atoms with Crippen LogP contribution in [0.25, 0.3) is 10.9 Å². The number of aromatic carboxylic acids is 1. The van der Waals surface area contributed by atoms with Gasteiger partial charge in [-0.15, -0.1) is 0 Å². The summed E-state index contributed by atoms with van der Waals surface area (Å²) in [5.41, 5.74) is 0.688. The number of methoxy groups -OCH3 is 1. The Morgan fingerprint density at radius 3 is 3.00 bits per heavy atom. The molecule has 1 N–H and O–H groups in total. The minimum Gasteiger partial charge on any atom is -0.497 e. The van der Waals surface area contributed by atoms with Gasteiger partial charge in [-0.3, -0.25) is 0 Å². The Morgan fingerprint density at radius 1 is 1.57 bits per heavy atom. The van der Waals surface area contributed by atoms with E-state index in [2.05, 4.69) is 4.37 Å². The van der Waals surface area contributed by atoms with Crippen molar-refractivity contribution in [2.24, 2.45) is 0 Å². The van der Waals surface area contributed by atoms with E-state index >= 15 is 0 Å². The molecule has 0 aliphatic rings. The van der Waals surface area contributed by atoms with E-state index in [9.17, 15) is 4.79 Å². The molecule has 0 aliphatic heterocycles. The summed E-state index contributed by atoms with van der Waals surface area (Å²) in [6, 6.07) is 5.19. The zero-order valence-electron chi connectivity index (χ0n) is 7.35. The van der Waals surface area contributed by atoms with Crippen molar-refractivity contribution < 1.29 is 14.6 Å². The molecule has 0 fully saturated rings. The summed E-state index contributed by atoms with van der Waals surface area (Å²) < 4.78 is 9.03. The molecule has 0 amide bonds. The first-order chi connectivity index (χ1) is 6.72. The first-order valence-corrected chi connectivity index (χ1v) is 4.66. The molecule has 1 aromatic carbocycles. The van der Waals surface area contributed by atoms with Gasteiger partial charge in [0.15, 0.2) is 0 Å². The van der Waals surface area contributed by atoms with Crippen molar-refractivity contribution in [2.45, 2.75) is 0 Å². The van der Waals surface area contributed by atoms with Gasteiger partial charge in [0.05, 0.1) is 12.6 Å². The highest BCUT2D eigenvalue weighted by atomic mass is 32.1. The number of rotatable bonds is 2. The summed E-state index contributed by atoms with van der Waals surface area (Å²) in [6.45, 7) is 0. The van der Waals surface area contributed by atoms with Gasteiger partial charge in [0.25, 0.3) is 0 Å². The second-order valence-electron chi connectivity index (χ2n) is 2.70. The van der Waals surface area contributed by atoms with Crippen LogP contribution in [0.5, 0.6) is 5.75 Å². The molecule has 0 spiro atoms. The van der Waals surface area contributed by atoms with Crippen LogP contribution >= 0.6 is 11.5 Å². The topological polar surface area (TPSA) is 59.4 Å². The second-order valence-corrected chi connectivity index (χ2v) is 3.47. The third-order valence-electron chi connectivity index (χ3n) is 1.88. The number of nitrogens with zero attached hydrogens (tertiary/aromatic N) is 1. The lowest BCUT2D eigenvalue weighted by molar-refractivity contribution is 0.0704. The lowest BCUT2D eigenvalue weighted by Crippen LogP contribution is -1.92. The van der Waals surface area contributed by atoms with E-state index in [0.717, 1.165) is 11.5 Å². The van der Waals surface area contributed by atoms with Gasteiger partial charge in [0.1, 0.15) is 10.6 Å². The van der Waals surface area contributed by atoms with Crippen LogP contribution in [0.2, 0.25) is 0 Å². The normalized spacial score (nSPS) is 10.4. The number of carboxylic acids is 1. The molecule has 1 heterocycles. The summed E-state index contributed by atoms with van der Waals surface area (Å²) in [7, 11) is 1.54. The van der Waals surface area contributed by atoms with Crippen molar-refractivity contribution >= 4 is 28.4 Å². The largest absolute Gasteiger partial charge is 0.497 e. The molecule has 72 valence electrons. The highest BCUT2D eigenvalue weighted by Gasteiger charge is 2.12. The van der Waals surface area contributed by atoms with Crippen molar-refractivity contribution in [3.05, 3.63) is 23.1 Å². The van der Waals surface area contributed by atoms with Gasteiger partial charge >= 0.3 is 5.97 Å². The maximum absolute atomic E-state index is 10.8. The molecule has 0 radical (unpaired) electrons. The standard InChI is InChI=1S/C9H7NO3S/c1-13-5-2-3-7-6(4-5)8(9(11)12)14-10-7/h2-4H,1H3,(H,11,12). The fourth-order valence-corrected chi connectivity index (χ4v) is 1.89. The van der Waals surface area contributed by atoms with Crippen LogP contribution in [0.3, 0.4) is 0 Å². The zero-order valence-corrected chi connectivity index (χ0v) is 8.17. The van der Waals surface area contributed by atoms with E-state index in [1.807, 2.05) is 0 Å². The SMILES string of the molecule is COc1ccc2nsc(C(=O)O)c2c1. The predicted octanol–water partition coefficient (Wildman–Crippen LogP) is 2.00. The van der Waals surface area contributed by atoms with Crippen LogP contribution in [-0.4, -0.2) is 22.6 Å². The molecule has 0 saturated heterocycles. The van der Waals surface area contributed by atoms with E-state index in [4.69, 9.17) is 9.84 Å². The fourth-order valence-electron chi connectivity index (χ4n) is 1.20. The zero-order chi connectivity index (χ0) is 10.1. The van der Waals surface area contributed by atoms with Crippen molar-refractivity contribution in [3.63, 3.8) is 0 Å². The number of aromatic nitrogens is 1. The summed E-state index contributed by atoms with van der Waals surface area (Å²) in [4.78, 5) is 11.1. The average molecular weight is 209 g/mol. The molecule has 5 heteroatoms. The predicted molar refractivity (Wildman–Crippen MR) is 53.1 cm³/mol. The smallest absolute Gasteiger partial charge is 0.348 e. The van der Waals surface area contributed by atoms with Crippen LogP contribution in [0.15, 0.2) is 18.2 Å². The average Bonchev–Trinajstić information content (AvgIpc) is 2.59. The second kappa shape index (κ2) is 3.26. The number of hydrogen-bond donors (Lipinski definition) is 1. The fraction of sp³-hybridized carbons (Fsp3) is 0.111. The summed E-state index contributed by atoms with van der Waals surface area (Å²) >= 11 is 0.985. The van der Waals surface area contributed by atoms with Gasteiger partial charge in [-0.2, -0.15) is 4.37 Å². The van der Waals surface area contributed by atoms with E-state index < -0.39 is 5.97 Å². The minimum absolute atomic E-state index is 0.249.